The fraction of sp³-hybridized carbons (Fsp3) is 0.182. The molecular weight excluding hydrogens is 397 g/mol. The zero-order valence-electron chi connectivity index (χ0n) is 15.6. The SMILES string of the molecule is O=C(c1ccccc1)c1ccc2n1CCC2C(=O)Nc1ccc(OC(F)(F)F)cc1. The molecule has 1 aliphatic heterocycles. The lowest BCUT2D eigenvalue weighted by Gasteiger charge is -2.12. The molecule has 2 aromatic carbocycles. The topological polar surface area (TPSA) is 60.3 Å². The average Bonchev–Trinajstić information content (AvgIpc) is 3.30. The summed E-state index contributed by atoms with van der Waals surface area (Å²) in [5, 5.41) is 2.71. The van der Waals surface area contributed by atoms with Gasteiger partial charge in [-0.05, 0) is 42.8 Å². The predicted octanol–water partition coefficient (Wildman–Crippen LogP) is 4.74. The molecule has 154 valence electrons. The monoisotopic (exact) mass is 414 g/mol. The van der Waals surface area contributed by atoms with Crippen LogP contribution < -0.4 is 10.1 Å². The zero-order chi connectivity index (χ0) is 21.3. The number of fused-ring (bicyclic) bond motifs is 1. The largest absolute Gasteiger partial charge is 0.573 e. The summed E-state index contributed by atoms with van der Waals surface area (Å²) in [7, 11) is 0. The maximum atomic E-state index is 12.8. The summed E-state index contributed by atoms with van der Waals surface area (Å²) in [5.41, 5.74) is 2.21. The molecule has 0 bridgehead atoms. The van der Waals surface area contributed by atoms with E-state index in [-0.39, 0.29) is 17.4 Å². The number of aromatic nitrogens is 1. The number of carbonyl (C=O) groups excluding carboxylic acids is 2. The van der Waals surface area contributed by atoms with E-state index in [1.165, 1.54) is 12.1 Å². The minimum atomic E-state index is -4.77. The lowest BCUT2D eigenvalue weighted by atomic mass is 10.0. The van der Waals surface area contributed by atoms with Gasteiger partial charge in [0.25, 0.3) is 0 Å². The van der Waals surface area contributed by atoms with E-state index in [1.54, 1.807) is 36.4 Å². The van der Waals surface area contributed by atoms with Crippen LogP contribution in [0.1, 0.15) is 34.1 Å². The Morgan fingerprint density at radius 2 is 1.67 bits per heavy atom. The van der Waals surface area contributed by atoms with Crippen LogP contribution in [0.4, 0.5) is 18.9 Å². The smallest absolute Gasteiger partial charge is 0.406 e. The summed E-state index contributed by atoms with van der Waals surface area (Å²) >= 11 is 0. The van der Waals surface area contributed by atoms with Gasteiger partial charge in [-0.15, -0.1) is 13.2 Å². The van der Waals surface area contributed by atoms with Gasteiger partial charge in [-0.2, -0.15) is 0 Å². The van der Waals surface area contributed by atoms with Gasteiger partial charge in [-0.3, -0.25) is 9.59 Å². The van der Waals surface area contributed by atoms with Crippen LogP contribution in [0.25, 0.3) is 0 Å². The van der Waals surface area contributed by atoms with Crippen LogP contribution in [-0.4, -0.2) is 22.6 Å². The molecule has 3 aromatic rings. The number of halogens is 3. The van der Waals surface area contributed by atoms with Crippen LogP contribution in [0, 0.1) is 0 Å². The van der Waals surface area contributed by atoms with Gasteiger partial charge >= 0.3 is 6.36 Å². The van der Waals surface area contributed by atoms with E-state index >= 15 is 0 Å². The molecule has 0 saturated heterocycles. The van der Waals surface area contributed by atoms with Crippen LogP contribution in [0.15, 0.2) is 66.7 Å². The summed E-state index contributed by atoms with van der Waals surface area (Å²) in [4.78, 5) is 25.5. The predicted molar refractivity (Wildman–Crippen MR) is 103 cm³/mol. The number of ether oxygens (including phenoxy) is 1. The van der Waals surface area contributed by atoms with Crippen molar-refractivity contribution in [2.24, 2.45) is 0 Å². The summed E-state index contributed by atoms with van der Waals surface area (Å²) in [5.74, 6) is -1.20. The van der Waals surface area contributed by atoms with Gasteiger partial charge in [-0.1, -0.05) is 30.3 Å². The summed E-state index contributed by atoms with van der Waals surface area (Å²) in [6.45, 7) is 0.534. The molecule has 8 heteroatoms. The molecule has 4 rings (SSSR count). The van der Waals surface area contributed by atoms with Gasteiger partial charge in [-0.25, -0.2) is 0 Å². The Morgan fingerprint density at radius 3 is 2.33 bits per heavy atom. The average molecular weight is 414 g/mol. The summed E-state index contributed by atoms with van der Waals surface area (Å²) in [6, 6.07) is 17.4. The van der Waals surface area contributed by atoms with Crippen molar-refractivity contribution < 1.29 is 27.5 Å². The Balaban J connectivity index is 1.47. The number of benzene rings is 2. The molecule has 5 nitrogen and oxygen atoms in total. The summed E-state index contributed by atoms with van der Waals surface area (Å²) in [6.07, 6.45) is -4.23. The first-order valence-corrected chi connectivity index (χ1v) is 9.28. The number of carbonyl (C=O) groups is 2. The van der Waals surface area contributed by atoms with Crippen molar-refractivity contribution in [3.05, 3.63) is 83.7 Å². The lowest BCUT2D eigenvalue weighted by Crippen LogP contribution is -2.19. The number of ketones is 1. The molecule has 0 saturated carbocycles. The van der Waals surface area contributed by atoms with Gasteiger partial charge in [0.1, 0.15) is 5.75 Å². The quantitative estimate of drug-likeness (QED) is 0.614. The maximum absolute atomic E-state index is 12.8. The Bertz CT molecular complexity index is 1070. The van der Waals surface area contributed by atoms with Crippen LogP contribution in [0.2, 0.25) is 0 Å². The minimum Gasteiger partial charge on any atom is -0.406 e. The molecule has 0 fully saturated rings. The van der Waals surface area contributed by atoms with Crippen molar-refractivity contribution in [2.45, 2.75) is 25.2 Å². The van der Waals surface area contributed by atoms with Crippen LogP contribution in [-0.2, 0) is 11.3 Å². The number of nitrogens with one attached hydrogen (secondary N) is 1. The van der Waals surface area contributed by atoms with Gasteiger partial charge in [0.15, 0.2) is 0 Å². The number of rotatable bonds is 5. The second-order valence-electron chi connectivity index (χ2n) is 6.89. The highest BCUT2D eigenvalue weighted by Gasteiger charge is 2.33. The van der Waals surface area contributed by atoms with Crippen LogP contribution >= 0.6 is 0 Å². The minimum absolute atomic E-state index is 0.108. The number of amides is 1. The molecule has 1 atom stereocenters. The molecule has 0 spiro atoms. The maximum Gasteiger partial charge on any atom is 0.573 e. The standard InChI is InChI=1S/C22H17F3N2O3/c23-22(24,25)30-16-8-6-15(7-9-16)26-21(29)17-12-13-27-18(17)10-11-19(27)20(28)14-4-2-1-3-5-14/h1-11,17H,12-13H2,(H,26,29). The second-order valence-corrected chi connectivity index (χ2v) is 6.89. The van der Waals surface area contributed by atoms with Crippen LogP contribution in [0.5, 0.6) is 5.75 Å². The van der Waals surface area contributed by atoms with Crippen molar-refractivity contribution in [1.82, 2.24) is 4.57 Å². The van der Waals surface area contributed by atoms with Crippen molar-refractivity contribution >= 4 is 17.4 Å². The van der Waals surface area contributed by atoms with E-state index < -0.39 is 12.3 Å². The molecular formula is C22H17F3N2O3. The van der Waals surface area contributed by atoms with E-state index in [4.69, 9.17) is 0 Å². The van der Waals surface area contributed by atoms with Crippen molar-refractivity contribution in [3.8, 4) is 5.75 Å². The molecule has 0 aliphatic carbocycles. The fourth-order valence-electron chi connectivity index (χ4n) is 3.61. The molecule has 30 heavy (non-hydrogen) atoms. The molecule has 2 heterocycles. The number of alkyl halides is 3. The first-order chi connectivity index (χ1) is 14.3. The Hall–Kier alpha value is -3.55. The number of hydrogen-bond donors (Lipinski definition) is 1. The molecule has 1 aliphatic rings. The van der Waals surface area contributed by atoms with E-state index in [0.717, 1.165) is 17.8 Å². The first kappa shape index (κ1) is 19.8. The zero-order valence-corrected chi connectivity index (χ0v) is 15.6. The highest BCUT2D eigenvalue weighted by molar-refractivity contribution is 6.08. The number of hydrogen-bond acceptors (Lipinski definition) is 3. The van der Waals surface area contributed by atoms with Crippen molar-refractivity contribution in [2.75, 3.05) is 5.32 Å². The van der Waals surface area contributed by atoms with E-state index in [2.05, 4.69) is 10.1 Å². The highest BCUT2D eigenvalue weighted by Crippen LogP contribution is 2.33. The van der Waals surface area contributed by atoms with Crippen LogP contribution in [0.3, 0.4) is 0 Å². The van der Waals surface area contributed by atoms with Crippen molar-refractivity contribution in [1.29, 1.82) is 0 Å². The Labute approximate surface area is 170 Å². The first-order valence-electron chi connectivity index (χ1n) is 9.28. The summed E-state index contributed by atoms with van der Waals surface area (Å²) < 4.78 is 42.4. The number of anilines is 1. The third-order valence-electron chi connectivity index (χ3n) is 4.95. The molecule has 1 N–H and O–H groups in total. The normalized spacial score (nSPS) is 15.5. The molecule has 0 radical (unpaired) electrons. The lowest BCUT2D eigenvalue weighted by molar-refractivity contribution is -0.274. The third-order valence-corrected chi connectivity index (χ3v) is 4.95. The molecule has 1 unspecified atom stereocenters. The highest BCUT2D eigenvalue weighted by atomic mass is 19.4. The van der Waals surface area contributed by atoms with Gasteiger partial charge in [0, 0.05) is 23.5 Å². The van der Waals surface area contributed by atoms with Gasteiger partial charge in [0.2, 0.25) is 11.7 Å². The second kappa shape index (κ2) is 7.70. The van der Waals surface area contributed by atoms with Gasteiger partial charge in [0.05, 0.1) is 11.6 Å². The fourth-order valence-corrected chi connectivity index (χ4v) is 3.61. The van der Waals surface area contributed by atoms with Crippen molar-refractivity contribution in [3.63, 3.8) is 0 Å². The van der Waals surface area contributed by atoms with E-state index in [9.17, 15) is 22.8 Å². The third kappa shape index (κ3) is 4.07. The van der Waals surface area contributed by atoms with Gasteiger partial charge < -0.3 is 14.6 Å². The molecule has 1 aromatic heterocycles. The molecule has 1 amide bonds. The van der Waals surface area contributed by atoms with E-state index in [0.29, 0.717) is 29.9 Å². The van der Waals surface area contributed by atoms with E-state index in [1.807, 2.05) is 10.6 Å². The Morgan fingerprint density at radius 1 is 0.967 bits per heavy atom. The Kier molecular flexibility index (Phi) is 5.07. The number of nitrogens with zero attached hydrogens (tertiary/aromatic N) is 1.